The highest BCUT2D eigenvalue weighted by Gasteiger charge is 2.30. The molecule has 7 nitrogen and oxygen atoms in total. The van der Waals surface area contributed by atoms with Crippen LogP contribution in [0.25, 0.3) is 0 Å². The fourth-order valence-electron chi connectivity index (χ4n) is 2.26. The summed E-state index contributed by atoms with van der Waals surface area (Å²) in [6.07, 6.45) is 2.55. The summed E-state index contributed by atoms with van der Waals surface area (Å²) >= 11 is 0. The molecule has 7 heteroatoms. The number of carboxylic acid groups (broad SMARTS) is 1. The number of carbonyl (C=O) groups excluding carboxylic acids is 1. The molecule has 2 atom stereocenters. The lowest BCUT2D eigenvalue weighted by molar-refractivity contribution is -0.524. The van der Waals surface area contributed by atoms with E-state index in [1.807, 2.05) is 6.92 Å². The van der Waals surface area contributed by atoms with Crippen molar-refractivity contribution in [3.8, 4) is 0 Å². The summed E-state index contributed by atoms with van der Waals surface area (Å²) in [4.78, 5) is 34.0. The summed E-state index contributed by atoms with van der Waals surface area (Å²) in [6, 6.07) is 5.92. The second-order valence-electron chi connectivity index (χ2n) is 5.40. The Balaban J connectivity index is 2.71. The summed E-state index contributed by atoms with van der Waals surface area (Å²) in [7, 11) is 0. The molecule has 1 aromatic carbocycles. The quantitative estimate of drug-likeness (QED) is 0.391. The Morgan fingerprint density at radius 3 is 2.43 bits per heavy atom. The number of benzene rings is 1. The SMILES string of the molecule is CCCCCC(CC(NC(=O)c1ccccc1)C(=O)O)[N+](=O)[O-]. The smallest absolute Gasteiger partial charge is 0.326 e. The fourth-order valence-corrected chi connectivity index (χ4v) is 2.26. The first kappa shape index (κ1) is 18.6. The van der Waals surface area contributed by atoms with Gasteiger partial charge in [-0.25, -0.2) is 4.79 Å². The molecule has 23 heavy (non-hydrogen) atoms. The van der Waals surface area contributed by atoms with Gasteiger partial charge in [0.25, 0.3) is 5.91 Å². The first-order chi connectivity index (χ1) is 11.0. The molecule has 0 spiro atoms. The Bertz CT molecular complexity index is 533. The molecule has 0 saturated heterocycles. The lowest BCUT2D eigenvalue weighted by Crippen LogP contribution is -2.44. The van der Waals surface area contributed by atoms with Crippen LogP contribution in [-0.4, -0.2) is 34.0 Å². The Hall–Kier alpha value is -2.44. The van der Waals surface area contributed by atoms with E-state index in [0.29, 0.717) is 18.4 Å². The van der Waals surface area contributed by atoms with Gasteiger partial charge in [-0.1, -0.05) is 38.0 Å². The van der Waals surface area contributed by atoms with Gasteiger partial charge in [-0.05, 0) is 18.6 Å². The first-order valence-electron chi connectivity index (χ1n) is 7.68. The molecule has 0 aliphatic rings. The van der Waals surface area contributed by atoms with Crippen molar-refractivity contribution >= 4 is 11.9 Å². The van der Waals surface area contributed by atoms with E-state index in [1.54, 1.807) is 30.3 Å². The van der Waals surface area contributed by atoms with E-state index >= 15 is 0 Å². The Morgan fingerprint density at radius 2 is 1.91 bits per heavy atom. The van der Waals surface area contributed by atoms with Gasteiger partial charge in [0.05, 0.1) is 0 Å². The van der Waals surface area contributed by atoms with Crippen molar-refractivity contribution in [2.24, 2.45) is 0 Å². The van der Waals surface area contributed by atoms with Gasteiger partial charge in [0, 0.05) is 23.3 Å². The molecule has 0 aromatic heterocycles. The molecule has 0 bridgehead atoms. The van der Waals surface area contributed by atoms with E-state index in [4.69, 9.17) is 0 Å². The summed E-state index contributed by atoms with van der Waals surface area (Å²) in [5.41, 5.74) is 0.322. The molecular formula is C16H22N2O5. The number of nitrogens with one attached hydrogen (secondary N) is 1. The standard InChI is InChI=1S/C16H22N2O5/c1-2-3-5-10-13(18(22)23)11-14(16(20)21)17-15(19)12-8-6-4-7-9-12/h4,6-9,13-14H,2-3,5,10-11H2,1H3,(H,17,19)(H,20,21). The molecule has 1 aromatic rings. The summed E-state index contributed by atoms with van der Waals surface area (Å²) in [6.45, 7) is 1.99. The van der Waals surface area contributed by atoms with Gasteiger partial charge in [-0.15, -0.1) is 0 Å². The molecule has 0 radical (unpaired) electrons. The van der Waals surface area contributed by atoms with Crippen molar-refractivity contribution in [1.29, 1.82) is 0 Å². The number of amides is 1. The minimum Gasteiger partial charge on any atom is -0.480 e. The Kier molecular flexibility index (Phi) is 7.73. The second-order valence-corrected chi connectivity index (χ2v) is 5.40. The van der Waals surface area contributed by atoms with Gasteiger partial charge in [0.1, 0.15) is 6.04 Å². The number of carboxylic acids is 1. The number of nitrogens with zero attached hydrogens (tertiary/aromatic N) is 1. The maximum Gasteiger partial charge on any atom is 0.326 e. The molecule has 0 heterocycles. The molecular weight excluding hydrogens is 300 g/mol. The van der Waals surface area contributed by atoms with Crippen LogP contribution in [0.4, 0.5) is 0 Å². The van der Waals surface area contributed by atoms with Crippen molar-refractivity contribution in [2.75, 3.05) is 0 Å². The first-order valence-corrected chi connectivity index (χ1v) is 7.68. The zero-order valence-corrected chi connectivity index (χ0v) is 13.1. The molecule has 126 valence electrons. The van der Waals surface area contributed by atoms with Gasteiger partial charge in [0.2, 0.25) is 6.04 Å². The van der Waals surface area contributed by atoms with Crippen LogP contribution >= 0.6 is 0 Å². The molecule has 0 aliphatic carbocycles. The summed E-state index contributed by atoms with van der Waals surface area (Å²) < 4.78 is 0. The van der Waals surface area contributed by atoms with Gasteiger partial charge in [-0.2, -0.15) is 0 Å². The molecule has 2 unspecified atom stereocenters. The zero-order chi connectivity index (χ0) is 17.2. The highest BCUT2D eigenvalue weighted by Crippen LogP contribution is 2.13. The van der Waals surface area contributed by atoms with Gasteiger partial charge >= 0.3 is 5.97 Å². The average molecular weight is 322 g/mol. The number of hydrogen-bond acceptors (Lipinski definition) is 4. The number of unbranched alkanes of at least 4 members (excludes halogenated alkanes) is 2. The van der Waals surface area contributed by atoms with Crippen LogP contribution in [0.15, 0.2) is 30.3 Å². The lowest BCUT2D eigenvalue weighted by Gasteiger charge is -2.17. The molecule has 1 amide bonds. The largest absolute Gasteiger partial charge is 0.480 e. The van der Waals surface area contributed by atoms with E-state index in [1.165, 1.54) is 0 Å². The normalized spacial score (nSPS) is 13.1. The Labute approximate surface area is 134 Å². The predicted octanol–water partition coefficient (Wildman–Crippen LogP) is 2.49. The number of aliphatic carboxylic acids is 1. The van der Waals surface area contributed by atoms with Crippen LogP contribution in [0.1, 0.15) is 49.4 Å². The van der Waals surface area contributed by atoms with E-state index in [9.17, 15) is 24.8 Å². The highest BCUT2D eigenvalue weighted by molar-refractivity contribution is 5.96. The van der Waals surface area contributed by atoms with Crippen molar-refractivity contribution in [2.45, 2.75) is 51.1 Å². The van der Waals surface area contributed by atoms with Crippen LogP contribution in [-0.2, 0) is 4.79 Å². The monoisotopic (exact) mass is 322 g/mol. The molecule has 1 rings (SSSR count). The van der Waals surface area contributed by atoms with E-state index in [-0.39, 0.29) is 6.42 Å². The van der Waals surface area contributed by atoms with E-state index < -0.39 is 28.9 Å². The molecule has 2 N–H and O–H groups in total. The number of rotatable bonds is 10. The molecule has 0 saturated carbocycles. The number of nitro groups is 1. The third-order valence-corrected chi connectivity index (χ3v) is 3.59. The average Bonchev–Trinajstić information content (AvgIpc) is 2.53. The summed E-state index contributed by atoms with van der Waals surface area (Å²) in [5, 5.41) is 22.7. The predicted molar refractivity (Wildman–Crippen MR) is 84.9 cm³/mol. The Morgan fingerprint density at radius 1 is 1.26 bits per heavy atom. The second kappa shape index (κ2) is 9.55. The van der Waals surface area contributed by atoms with Gasteiger partial charge in [-0.3, -0.25) is 14.9 Å². The van der Waals surface area contributed by atoms with Crippen LogP contribution in [0.3, 0.4) is 0 Å². The van der Waals surface area contributed by atoms with Crippen LogP contribution in [0.2, 0.25) is 0 Å². The van der Waals surface area contributed by atoms with Crippen molar-refractivity contribution in [1.82, 2.24) is 5.32 Å². The van der Waals surface area contributed by atoms with Gasteiger partial charge < -0.3 is 10.4 Å². The summed E-state index contributed by atoms with van der Waals surface area (Å²) in [5.74, 6) is -1.81. The van der Waals surface area contributed by atoms with Crippen LogP contribution in [0.5, 0.6) is 0 Å². The van der Waals surface area contributed by atoms with Crippen LogP contribution < -0.4 is 5.32 Å². The number of hydrogen-bond donors (Lipinski definition) is 2. The maximum absolute atomic E-state index is 12.0. The van der Waals surface area contributed by atoms with Crippen molar-refractivity contribution in [3.05, 3.63) is 46.0 Å². The maximum atomic E-state index is 12.0. The zero-order valence-electron chi connectivity index (χ0n) is 13.1. The van der Waals surface area contributed by atoms with E-state index in [0.717, 1.165) is 12.8 Å². The highest BCUT2D eigenvalue weighted by atomic mass is 16.6. The third-order valence-electron chi connectivity index (χ3n) is 3.59. The van der Waals surface area contributed by atoms with Gasteiger partial charge in [0.15, 0.2) is 0 Å². The van der Waals surface area contributed by atoms with Crippen molar-refractivity contribution in [3.63, 3.8) is 0 Å². The lowest BCUT2D eigenvalue weighted by atomic mass is 10.0. The number of carbonyl (C=O) groups is 2. The fraction of sp³-hybridized carbons (Fsp3) is 0.500. The molecule has 0 fully saturated rings. The van der Waals surface area contributed by atoms with Crippen molar-refractivity contribution < 1.29 is 19.6 Å². The van der Waals surface area contributed by atoms with Crippen LogP contribution in [0, 0.1) is 10.1 Å². The minimum atomic E-state index is -1.28. The van der Waals surface area contributed by atoms with E-state index in [2.05, 4.69) is 5.32 Å². The molecule has 0 aliphatic heterocycles. The topological polar surface area (TPSA) is 110 Å². The minimum absolute atomic E-state index is 0.218. The third kappa shape index (κ3) is 6.46.